The van der Waals surface area contributed by atoms with Crippen LogP contribution in [0, 0.1) is 10.1 Å². The van der Waals surface area contributed by atoms with E-state index in [0.717, 1.165) is 37.1 Å². The van der Waals surface area contributed by atoms with Crippen LogP contribution in [0.3, 0.4) is 0 Å². The van der Waals surface area contributed by atoms with E-state index in [-0.39, 0.29) is 5.69 Å². The number of nitro benzene ring substituents is 1. The number of ether oxygens (including phenoxy) is 3. The van der Waals surface area contributed by atoms with Crippen LogP contribution in [0.1, 0.15) is 20.8 Å². The van der Waals surface area contributed by atoms with Crippen molar-refractivity contribution in [3.63, 3.8) is 0 Å². The SMILES string of the molecule is COC(=O)c1c(-c2cccc(OC(F)(F)F)c2[N+](=O)[O-])nn(-c2ccccc2)c1C(=O)OC. The van der Waals surface area contributed by atoms with E-state index in [4.69, 9.17) is 9.47 Å². The third kappa shape index (κ3) is 4.61. The normalized spacial score (nSPS) is 11.1. The van der Waals surface area contributed by atoms with E-state index in [9.17, 15) is 32.9 Å². The molecule has 0 saturated heterocycles. The van der Waals surface area contributed by atoms with E-state index in [1.807, 2.05) is 0 Å². The molecule has 0 aliphatic carbocycles. The Balaban J connectivity index is 2.42. The first-order valence-electron chi connectivity index (χ1n) is 8.97. The second-order valence-corrected chi connectivity index (χ2v) is 6.26. The van der Waals surface area contributed by atoms with E-state index in [0.29, 0.717) is 0 Å². The molecule has 0 N–H and O–H groups in total. The van der Waals surface area contributed by atoms with Crippen LogP contribution in [0.5, 0.6) is 5.75 Å². The average molecular weight is 465 g/mol. The Bertz CT molecular complexity index is 1220. The van der Waals surface area contributed by atoms with Crippen molar-refractivity contribution in [2.24, 2.45) is 0 Å². The van der Waals surface area contributed by atoms with Gasteiger partial charge >= 0.3 is 24.0 Å². The largest absolute Gasteiger partial charge is 0.573 e. The monoisotopic (exact) mass is 465 g/mol. The van der Waals surface area contributed by atoms with E-state index in [2.05, 4.69) is 9.84 Å². The van der Waals surface area contributed by atoms with Crippen LogP contribution in [0.2, 0.25) is 0 Å². The molecule has 0 spiro atoms. The summed E-state index contributed by atoms with van der Waals surface area (Å²) >= 11 is 0. The number of para-hydroxylation sites is 2. The number of nitrogens with zero attached hydrogens (tertiary/aromatic N) is 3. The lowest BCUT2D eigenvalue weighted by Gasteiger charge is -2.11. The molecule has 0 fully saturated rings. The number of benzene rings is 2. The topological polar surface area (TPSA) is 123 Å². The summed E-state index contributed by atoms with van der Waals surface area (Å²) in [4.78, 5) is 35.8. The second kappa shape index (κ2) is 8.98. The zero-order valence-corrected chi connectivity index (χ0v) is 17.0. The fourth-order valence-corrected chi connectivity index (χ4v) is 3.05. The minimum Gasteiger partial charge on any atom is -0.465 e. The molecule has 0 radical (unpaired) electrons. The van der Waals surface area contributed by atoms with E-state index < -0.39 is 57.2 Å². The maximum absolute atomic E-state index is 12.8. The zero-order valence-electron chi connectivity index (χ0n) is 17.0. The molecule has 1 aromatic heterocycles. The smallest absolute Gasteiger partial charge is 0.465 e. The van der Waals surface area contributed by atoms with Crippen molar-refractivity contribution in [1.82, 2.24) is 9.78 Å². The Morgan fingerprint density at radius 3 is 2.18 bits per heavy atom. The molecule has 0 aliphatic rings. The lowest BCUT2D eigenvalue weighted by molar-refractivity contribution is -0.388. The molecule has 0 aliphatic heterocycles. The average Bonchev–Trinajstić information content (AvgIpc) is 3.17. The fraction of sp³-hybridized carbons (Fsp3) is 0.150. The summed E-state index contributed by atoms with van der Waals surface area (Å²) in [6.45, 7) is 0. The molecule has 1 heterocycles. The molecule has 0 amide bonds. The summed E-state index contributed by atoms with van der Waals surface area (Å²) in [5, 5.41) is 15.9. The van der Waals surface area contributed by atoms with Crippen molar-refractivity contribution in [3.8, 4) is 22.7 Å². The summed E-state index contributed by atoms with van der Waals surface area (Å²) in [6.07, 6.45) is -5.23. The van der Waals surface area contributed by atoms with Crippen molar-refractivity contribution in [1.29, 1.82) is 0 Å². The Morgan fingerprint density at radius 1 is 1.00 bits per heavy atom. The lowest BCUT2D eigenvalue weighted by atomic mass is 10.0. The molecule has 172 valence electrons. The maximum atomic E-state index is 12.8. The number of rotatable bonds is 6. The second-order valence-electron chi connectivity index (χ2n) is 6.26. The molecule has 0 unspecified atom stereocenters. The first-order valence-corrected chi connectivity index (χ1v) is 8.97. The van der Waals surface area contributed by atoms with E-state index >= 15 is 0 Å². The molecule has 0 bridgehead atoms. The number of halogens is 3. The quantitative estimate of drug-likeness (QED) is 0.305. The van der Waals surface area contributed by atoms with Gasteiger partial charge in [-0.15, -0.1) is 13.2 Å². The van der Waals surface area contributed by atoms with Crippen molar-refractivity contribution in [3.05, 3.63) is 69.9 Å². The zero-order chi connectivity index (χ0) is 24.3. The van der Waals surface area contributed by atoms with Gasteiger partial charge in [-0.05, 0) is 24.3 Å². The van der Waals surface area contributed by atoms with Crippen LogP contribution in [0.15, 0.2) is 48.5 Å². The standard InChI is InChI=1S/C20H14F3N3O7/c1-31-18(27)14-15(12-9-6-10-13(16(12)26(29)30)33-20(21,22)23)24-25(17(14)19(28)32-2)11-7-4-3-5-8-11/h3-10H,1-2H3. The van der Waals surface area contributed by atoms with Gasteiger partial charge in [0.25, 0.3) is 0 Å². The third-order valence-electron chi connectivity index (χ3n) is 4.32. The van der Waals surface area contributed by atoms with Crippen molar-refractivity contribution >= 4 is 17.6 Å². The predicted octanol–water partition coefficient (Wildman–Crippen LogP) is 3.92. The van der Waals surface area contributed by atoms with Crippen LogP contribution >= 0.6 is 0 Å². The predicted molar refractivity (Wildman–Crippen MR) is 105 cm³/mol. The van der Waals surface area contributed by atoms with Crippen LogP contribution in [0.25, 0.3) is 16.9 Å². The molecule has 3 rings (SSSR count). The maximum Gasteiger partial charge on any atom is 0.573 e. The first kappa shape index (κ1) is 23.2. The molecule has 3 aromatic rings. The number of carbonyl (C=O) groups excluding carboxylic acids is 2. The Labute approximate surface area is 183 Å². The molecule has 13 heteroatoms. The summed E-state index contributed by atoms with van der Waals surface area (Å²) in [6, 6.07) is 10.7. The molecule has 10 nitrogen and oxygen atoms in total. The summed E-state index contributed by atoms with van der Waals surface area (Å²) in [5.41, 5.74) is -2.83. The molecular formula is C20H14F3N3O7. The molecule has 2 aromatic carbocycles. The van der Waals surface area contributed by atoms with Gasteiger partial charge in [0, 0.05) is 0 Å². The van der Waals surface area contributed by atoms with Gasteiger partial charge in [-0.25, -0.2) is 14.3 Å². The van der Waals surface area contributed by atoms with Crippen molar-refractivity contribution < 1.29 is 41.9 Å². The molecular weight excluding hydrogens is 451 g/mol. The number of nitro groups is 1. The molecule has 0 saturated carbocycles. The van der Waals surface area contributed by atoms with Crippen LogP contribution in [-0.2, 0) is 9.47 Å². The highest BCUT2D eigenvalue weighted by Crippen LogP contribution is 2.41. The van der Waals surface area contributed by atoms with Crippen molar-refractivity contribution in [2.75, 3.05) is 14.2 Å². The highest BCUT2D eigenvalue weighted by Gasteiger charge is 2.38. The van der Waals surface area contributed by atoms with Gasteiger partial charge in [0.15, 0.2) is 5.69 Å². The number of hydrogen-bond donors (Lipinski definition) is 0. The minimum absolute atomic E-state index is 0.264. The Morgan fingerprint density at radius 2 is 1.64 bits per heavy atom. The van der Waals surface area contributed by atoms with Gasteiger partial charge in [-0.1, -0.05) is 24.3 Å². The van der Waals surface area contributed by atoms with Crippen molar-refractivity contribution in [2.45, 2.75) is 6.36 Å². The van der Waals surface area contributed by atoms with E-state index in [1.54, 1.807) is 18.2 Å². The highest BCUT2D eigenvalue weighted by atomic mass is 19.4. The van der Waals surface area contributed by atoms with Crippen LogP contribution in [0.4, 0.5) is 18.9 Å². The molecule has 0 atom stereocenters. The van der Waals surface area contributed by atoms with Crippen LogP contribution in [-0.4, -0.2) is 47.2 Å². The van der Waals surface area contributed by atoms with Gasteiger partial charge in [-0.2, -0.15) is 5.10 Å². The fourth-order valence-electron chi connectivity index (χ4n) is 3.05. The summed E-state index contributed by atoms with van der Waals surface area (Å²) in [7, 11) is 2.02. The van der Waals surface area contributed by atoms with Gasteiger partial charge in [0.2, 0.25) is 5.75 Å². The Kier molecular flexibility index (Phi) is 6.33. The van der Waals surface area contributed by atoms with Gasteiger partial charge < -0.3 is 14.2 Å². The summed E-state index contributed by atoms with van der Waals surface area (Å²) < 4.78 is 52.7. The number of methoxy groups -OCH3 is 2. The number of carbonyl (C=O) groups is 2. The van der Waals surface area contributed by atoms with E-state index in [1.165, 1.54) is 12.1 Å². The van der Waals surface area contributed by atoms with Gasteiger partial charge in [-0.3, -0.25) is 10.1 Å². The van der Waals surface area contributed by atoms with Gasteiger partial charge in [0.1, 0.15) is 11.3 Å². The number of aromatic nitrogens is 2. The first-order chi connectivity index (χ1) is 15.6. The molecule has 33 heavy (non-hydrogen) atoms. The van der Waals surface area contributed by atoms with Crippen LogP contribution < -0.4 is 4.74 Å². The van der Waals surface area contributed by atoms with Gasteiger partial charge in [0.05, 0.1) is 30.4 Å². The number of alkyl halides is 3. The Hall–Kier alpha value is -4.42. The third-order valence-corrected chi connectivity index (χ3v) is 4.32. The highest BCUT2D eigenvalue weighted by molar-refractivity contribution is 6.07. The number of hydrogen-bond acceptors (Lipinski definition) is 8. The number of esters is 2. The minimum atomic E-state index is -5.23. The summed E-state index contributed by atoms with van der Waals surface area (Å²) in [5.74, 6) is -3.29. The lowest BCUT2D eigenvalue weighted by Crippen LogP contribution is -2.18.